The van der Waals surface area contributed by atoms with Gasteiger partial charge in [-0.05, 0) is 30.2 Å². The van der Waals surface area contributed by atoms with Crippen LogP contribution < -0.4 is 9.64 Å². The van der Waals surface area contributed by atoms with E-state index in [1.807, 2.05) is 12.1 Å². The first-order valence-electron chi connectivity index (χ1n) is 10.4. The molecule has 0 aliphatic carbocycles. The standard InChI is InChI=1S/C24H27N3O3/c1-17-4-6-18(7-5-17)23(2,3)19-8-10-20(11-9-19)29-12-21-25-26-22(30-21)27-13-24(14-27)15-28-16-24/h4-11H,12-16H2,1-3H3. The first-order chi connectivity index (χ1) is 14.4. The summed E-state index contributed by atoms with van der Waals surface area (Å²) >= 11 is 0. The Morgan fingerprint density at radius 2 is 1.60 bits per heavy atom. The summed E-state index contributed by atoms with van der Waals surface area (Å²) < 4.78 is 16.9. The van der Waals surface area contributed by atoms with Gasteiger partial charge in [0.05, 0.1) is 18.6 Å². The third-order valence-corrected chi connectivity index (χ3v) is 6.31. The third kappa shape index (κ3) is 3.45. The van der Waals surface area contributed by atoms with Crippen LogP contribution in [0.15, 0.2) is 52.9 Å². The molecule has 0 radical (unpaired) electrons. The minimum atomic E-state index is -0.0757. The Hall–Kier alpha value is -2.86. The van der Waals surface area contributed by atoms with Crippen LogP contribution in [-0.4, -0.2) is 36.5 Å². The van der Waals surface area contributed by atoms with Crippen LogP contribution in [0.1, 0.15) is 36.4 Å². The Labute approximate surface area is 176 Å². The SMILES string of the molecule is Cc1ccc(C(C)(C)c2ccc(OCc3nnc(N4CC5(COC5)C4)o3)cc2)cc1. The van der Waals surface area contributed by atoms with Gasteiger partial charge in [0.15, 0.2) is 6.61 Å². The van der Waals surface area contributed by atoms with Crippen LogP contribution in [0.2, 0.25) is 0 Å². The van der Waals surface area contributed by atoms with Crippen molar-refractivity contribution in [3.8, 4) is 5.75 Å². The van der Waals surface area contributed by atoms with Crippen molar-refractivity contribution >= 4 is 6.01 Å². The summed E-state index contributed by atoms with van der Waals surface area (Å²) in [5.41, 5.74) is 4.05. The molecule has 0 saturated carbocycles. The smallest absolute Gasteiger partial charge is 0.318 e. The van der Waals surface area contributed by atoms with Crippen molar-refractivity contribution in [2.75, 3.05) is 31.2 Å². The largest absolute Gasteiger partial charge is 0.484 e. The number of anilines is 1. The number of benzene rings is 2. The van der Waals surface area contributed by atoms with E-state index >= 15 is 0 Å². The van der Waals surface area contributed by atoms with E-state index in [-0.39, 0.29) is 12.0 Å². The molecule has 1 aromatic heterocycles. The van der Waals surface area contributed by atoms with Gasteiger partial charge in [-0.25, -0.2) is 0 Å². The number of hydrogen-bond acceptors (Lipinski definition) is 6. The highest BCUT2D eigenvalue weighted by Gasteiger charge is 2.50. The molecule has 3 heterocycles. The first kappa shape index (κ1) is 19.1. The van der Waals surface area contributed by atoms with Crippen molar-refractivity contribution in [1.29, 1.82) is 0 Å². The van der Waals surface area contributed by atoms with E-state index in [0.717, 1.165) is 32.1 Å². The number of hydrogen-bond donors (Lipinski definition) is 0. The van der Waals surface area contributed by atoms with Crippen LogP contribution in [-0.2, 0) is 16.8 Å². The lowest BCUT2D eigenvalue weighted by Gasteiger charge is -2.54. The van der Waals surface area contributed by atoms with E-state index in [1.54, 1.807) is 0 Å². The molecule has 5 rings (SSSR count). The minimum Gasteiger partial charge on any atom is -0.484 e. The highest BCUT2D eigenvalue weighted by atomic mass is 16.5. The molecule has 3 aromatic rings. The molecule has 2 aliphatic heterocycles. The van der Waals surface area contributed by atoms with E-state index in [1.165, 1.54) is 16.7 Å². The second-order valence-electron chi connectivity index (χ2n) is 9.13. The van der Waals surface area contributed by atoms with Gasteiger partial charge < -0.3 is 18.8 Å². The molecular formula is C24H27N3O3. The molecule has 2 saturated heterocycles. The average molecular weight is 405 g/mol. The van der Waals surface area contributed by atoms with Gasteiger partial charge in [-0.1, -0.05) is 60.9 Å². The zero-order chi connectivity index (χ0) is 20.8. The molecule has 6 nitrogen and oxygen atoms in total. The third-order valence-electron chi connectivity index (χ3n) is 6.31. The van der Waals surface area contributed by atoms with Crippen LogP contribution in [0.25, 0.3) is 0 Å². The Morgan fingerprint density at radius 3 is 2.20 bits per heavy atom. The molecule has 2 fully saturated rings. The molecule has 0 amide bonds. The molecule has 0 bridgehead atoms. The van der Waals surface area contributed by atoms with Gasteiger partial charge in [0.2, 0.25) is 0 Å². The summed E-state index contributed by atoms with van der Waals surface area (Å²) in [6, 6.07) is 17.5. The summed E-state index contributed by atoms with van der Waals surface area (Å²) in [5.74, 6) is 1.27. The highest BCUT2D eigenvalue weighted by molar-refractivity contribution is 5.40. The van der Waals surface area contributed by atoms with Gasteiger partial charge in [-0.3, -0.25) is 0 Å². The van der Waals surface area contributed by atoms with Crippen LogP contribution in [0.5, 0.6) is 5.75 Å². The fourth-order valence-corrected chi connectivity index (χ4v) is 4.15. The van der Waals surface area contributed by atoms with Gasteiger partial charge in [-0.15, -0.1) is 5.10 Å². The lowest BCUT2D eigenvalue weighted by Crippen LogP contribution is -2.66. The summed E-state index contributed by atoms with van der Waals surface area (Å²) in [6.45, 7) is 10.4. The van der Waals surface area contributed by atoms with Crippen molar-refractivity contribution in [3.63, 3.8) is 0 Å². The van der Waals surface area contributed by atoms with E-state index in [2.05, 4.69) is 72.3 Å². The molecule has 156 valence electrons. The molecule has 0 N–H and O–H groups in total. The van der Waals surface area contributed by atoms with Crippen molar-refractivity contribution in [3.05, 3.63) is 71.1 Å². The topological polar surface area (TPSA) is 60.6 Å². The number of rotatable bonds is 6. The molecule has 2 aromatic carbocycles. The Kier molecular flexibility index (Phi) is 4.54. The van der Waals surface area contributed by atoms with Crippen LogP contribution in [0, 0.1) is 12.3 Å². The van der Waals surface area contributed by atoms with Gasteiger partial charge in [0.1, 0.15) is 5.75 Å². The summed E-state index contributed by atoms with van der Waals surface area (Å²) in [5, 5.41) is 8.26. The fourth-order valence-electron chi connectivity index (χ4n) is 4.15. The second-order valence-corrected chi connectivity index (χ2v) is 9.13. The van der Waals surface area contributed by atoms with Crippen molar-refractivity contribution in [2.45, 2.75) is 32.8 Å². The molecular weight excluding hydrogens is 378 g/mol. The lowest BCUT2D eigenvalue weighted by molar-refractivity contribution is -0.128. The number of nitrogens with zero attached hydrogens (tertiary/aromatic N) is 3. The molecule has 0 unspecified atom stereocenters. The van der Waals surface area contributed by atoms with E-state index < -0.39 is 0 Å². The quantitative estimate of drug-likeness (QED) is 0.615. The zero-order valence-corrected chi connectivity index (χ0v) is 17.7. The number of aromatic nitrogens is 2. The summed E-state index contributed by atoms with van der Waals surface area (Å²) in [6.07, 6.45) is 0. The maximum Gasteiger partial charge on any atom is 0.318 e. The first-order valence-corrected chi connectivity index (χ1v) is 10.4. The normalized spacial score (nSPS) is 17.5. The van der Waals surface area contributed by atoms with Gasteiger partial charge in [0, 0.05) is 18.5 Å². The van der Waals surface area contributed by atoms with Crippen molar-refractivity contribution in [2.24, 2.45) is 5.41 Å². The predicted octanol–water partition coefficient (Wildman–Crippen LogP) is 4.12. The Bertz CT molecular complexity index is 1010. The van der Waals surface area contributed by atoms with Crippen molar-refractivity contribution < 1.29 is 13.9 Å². The van der Waals surface area contributed by atoms with Gasteiger partial charge in [0.25, 0.3) is 5.89 Å². The van der Waals surface area contributed by atoms with E-state index in [9.17, 15) is 0 Å². The summed E-state index contributed by atoms with van der Waals surface area (Å²) in [7, 11) is 0. The fraction of sp³-hybridized carbons (Fsp3) is 0.417. The highest BCUT2D eigenvalue weighted by Crippen LogP contribution is 2.39. The molecule has 0 atom stereocenters. The monoisotopic (exact) mass is 405 g/mol. The second kappa shape index (κ2) is 7.13. The Morgan fingerprint density at radius 1 is 0.967 bits per heavy atom. The van der Waals surface area contributed by atoms with Gasteiger partial charge >= 0.3 is 6.01 Å². The van der Waals surface area contributed by atoms with Gasteiger partial charge in [-0.2, -0.15) is 0 Å². The average Bonchev–Trinajstić information content (AvgIpc) is 3.13. The maximum absolute atomic E-state index is 5.86. The van der Waals surface area contributed by atoms with Crippen molar-refractivity contribution in [1.82, 2.24) is 10.2 Å². The van der Waals surface area contributed by atoms with E-state index in [0.29, 0.717) is 17.3 Å². The molecule has 2 aliphatic rings. The minimum absolute atomic E-state index is 0.0757. The summed E-state index contributed by atoms with van der Waals surface area (Å²) in [4.78, 5) is 2.10. The lowest BCUT2D eigenvalue weighted by atomic mass is 9.78. The van der Waals surface area contributed by atoms with Crippen LogP contribution >= 0.6 is 0 Å². The molecule has 1 spiro atoms. The Balaban J connectivity index is 1.19. The maximum atomic E-state index is 5.86. The van der Waals surface area contributed by atoms with Crippen LogP contribution in [0.4, 0.5) is 6.01 Å². The van der Waals surface area contributed by atoms with E-state index in [4.69, 9.17) is 13.9 Å². The predicted molar refractivity (Wildman–Crippen MR) is 114 cm³/mol. The molecule has 6 heteroatoms. The molecule has 30 heavy (non-hydrogen) atoms. The number of ether oxygens (including phenoxy) is 2. The van der Waals surface area contributed by atoms with Crippen LogP contribution in [0.3, 0.4) is 0 Å². The zero-order valence-electron chi connectivity index (χ0n) is 17.7. The number of aryl methyl sites for hydroxylation is 1.